The lowest BCUT2D eigenvalue weighted by Crippen LogP contribution is -2.31. The van der Waals surface area contributed by atoms with Gasteiger partial charge in [-0.25, -0.2) is 8.42 Å². The molecule has 0 aliphatic carbocycles. The fraction of sp³-hybridized carbons (Fsp3) is 0.800. The molecule has 0 bridgehead atoms. The van der Waals surface area contributed by atoms with Gasteiger partial charge in [-0.3, -0.25) is 9.52 Å². The molecular formula is C5H12N2O3S. The first-order chi connectivity index (χ1) is 4.95. The molecule has 5 nitrogen and oxygen atoms in total. The molecule has 0 aliphatic rings. The second-order valence-corrected chi connectivity index (χ2v) is 3.90. The number of carbonyl (C=O) groups is 1. The van der Waals surface area contributed by atoms with Crippen molar-refractivity contribution in [2.45, 2.75) is 6.42 Å². The molecule has 0 saturated carbocycles. The molecule has 0 aliphatic heterocycles. The lowest BCUT2D eigenvalue weighted by molar-refractivity contribution is -0.119. The van der Waals surface area contributed by atoms with Gasteiger partial charge in [0.25, 0.3) is 0 Å². The Labute approximate surface area is 66.2 Å². The summed E-state index contributed by atoms with van der Waals surface area (Å²) in [6.45, 7) is 0.474. The van der Waals surface area contributed by atoms with Crippen molar-refractivity contribution in [1.29, 1.82) is 0 Å². The Kier molecular flexibility index (Phi) is 4.06. The molecule has 6 heteroatoms. The predicted molar refractivity (Wildman–Crippen MR) is 41.5 cm³/mol. The van der Waals surface area contributed by atoms with E-state index in [1.807, 2.05) is 4.72 Å². The topological polar surface area (TPSA) is 75.3 Å². The summed E-state index contributed by atoms with van der Waals surface area (Å²) in [7, 11) is -1.69. The zero-order chi connectivity index (χ0) is 8.91. The number of sulfonamides is 1. The summed E-state index contributed by atoms with van der Waals surface area (Å²) in [6.07, 6.45) is 1.12. The van der Waals surface area contributed by atoms with E-state index in [2.05, 4.69) is 5.32 Å². The lowest BCUT2D eigenvalue weighted by atomic mass is 10.4. The number of amides is 1. The third-order valence-electron chi connectivity index (χ3n) is 0.901. The minimum Gasteiger partial charge on any atom is -0.319 e. The van der Waals surface area contributed by atoms with E-state index >= 15 is 0 Å². The third-order valence-corrected chi connectivity index (χ3v) is 1.50. The minimum absolute atomic E-state index is 0.170. The highest BCUT2D eigenvalue weighted by molar-refractivity contribution is 7.89. The van der Waals surface area contributed by atoms with Crippen LogP contribution in [0.2, 0.25) is 0 Å². The molecule has 0 spiro atoms. The highest BCUT2D eigenvalue weighted by Crippen LogP contribution is 1.79. The second kappa shape index (κ2) is 4.30. The molecule has 11 heavy (non-hydrogen) atoms. The highest BCUT2D eigenvalue weighted by atomic mass is 32.2. The Morgan fingerprint density at radius 3 is 2.36 bits per heavy atom. The summed E-state index contributed by atoms with van der Waals surface area (Å²) >= 11 is 0. The molecule has 1 amide bonds. The van der Waals surface area contributed by atoms with Crippen LogP contribution in [0.25, 0.3) is 0 Å². The van der Waals surface area contributed by atoms with Crippen molar-refractivity contribution in [3.63, 3.8) is 0 Å². The van der Waals surface area contributed by atoms with Crippen LogP contribution in [0.5, 0.6) is 0 Å². The maximum absolute atomic E-state index is 10.7. The molecule has 0 rings (SSSR count). The average molecular weight is 180 g/mol. The molecule has 0 heterocycles. The Bertz CT molecular complexity index is 222. The Hall–Kier alpha value is -0.620. The molecule has 0 fully saturated rings. The van der Waals surface area contributed by atoms with E-state index in [4.69, 9.17) is 0 Å². The van der Waals surface area contributed by atoms with Crippen LogP contribution < -0.4 is 10.0 Å². The van der Waals surface area contributed by atoms with Crippen molar-refractivity contribution in [2.75, 3.05) is 19.8 Å². The van der Waals surface area contributed by atoms with Crippen LogP contribution in [0.4, 0.5) is 0 Å². The van der Waals surface area contributed by atoms with Crippen molar-refractivity contribution >= 4 is 15.9 Å². The first-order valence-corrected chi connectivity index (χ1v) is 5.00. The number of nitrogens with one attached hydrogen (secondary N) is 2. The maximum atomic E-state index is 10.7. The van der Waals surface area contributed by atoms with Crippen molar-refractivity contribution in [2.24, 2.45) is 0 Å². The van der Waals surface area contributed by atoms with Gasteiger partial charge in [-0.1, -0.05) is 0 Å². The number of hydrogen-bond donors (Lipinski definition) is 2. The second-order valence-electron chi connectivity index (χ2n) is 2.15. The molecule has 0 radical (unpaired) electrons. The molecule has 0 saturated heterocycles. The highest BCUT2D eigenvalue weighted by Gasteiger charge is 2.06. The van der Waals surface area contributed by atoms with Crippen LogP contribution in [-0.4, -0.2) is 34.2 Å². The summed E-state index contributed by atoms with van der Waals surface area (Å²) in [5.74, 6) is -0.484. The van der Waals surface area contributed by atoms with Gasteiger partial charge in [-0.15, -0.1) is 0 Å². The fourth-order valence-electron chi connectivity index (χ4n) is 0.496. The quantitative estimate of drug-likeness (QED) is 0.562. The van der Waals surface area contributed by atoms with Gasteiger partial charge in [0.05, 0.1) is 6.26 Å². The number of hydrogen-bond acceptors (Lipinski definition) is 4. The monoisotopic (exact) mass is 180 g/mol. The van der Waals surface area contributed by atoms with E-state index in [1.165, 1.54) is 0 Å². The lowest BCUT2D eigenvalue weighted by Gasteiger charge is -2.00. The van der Waals surface area contributed by atoms with Crippen molar-refractivity contribution in [1.82, 2.24) is 10.0 Å². The van der Waals surface area contributed by atoms with Crippen molar-refractivity contribution < 1.29 is 13.2 Å². The van der Waals surface area contributed by atoms with Gasteiger partial charge in [0.1, 0.15) is 0 Å². The van der Waals surface area contributed by atoms with E-state index in [-0.39, 0.29) is 6.42 Å². The average Bonchev–Trinajstić information content (AvgIpc) is 1.79. The van der Waals surface area contributed by atoms with Crippen molar-refractivity contribution in [3.8, 4) is 0 Å². The van der Waals surface area contributed by atoms with Gasteiger partial charge in [0.15, 0.2) is 0 Å². The SMILES string of the molecule is CNCCC(=O)NS(C)(=O)=O. The summed E-state index contributed by atoms with van der Waals surface area (Å²) in [4.78, 5) is 10.7. The molecule has 0 aromatic rings. The smallest absolute Gasteiger partial charge is 0.234 e. The van der Waals surface area contributed by atoms with Gasteiger partial charge in [0, 0.05) is 13.0 Å². The summed E-state index contributed by atoms with van der Waals surface area (Å²) in [5, 5.41) is 2.73. The van der Waals surface area contributed by atoms with Crippen LogP contribution in [0.3, 0.4) is 0 Å². The normalized spacial score (nSPS) is 11.1. The van der Waals surface area contributed by atoms with Gasteiger partial charge in [0.2, 0.25) is 15.9 Å². The van der Waals surface area contributed by atoms with Crippen LogP contribution in [0, 0.1) is 0 Å². The summed E-state index contributed by atoms with van der Waals surface area (Å²) in [6, 6.07) is 0. The van der Waals surface area contributed by atoms with Crippen LogP contribution in [-0.2, 0) is 14.8 Å². The molecule has 66 valence electrons. The van der Waals surface area contributed by atoms with Crippen molar-refractivity contribution in [3.05, 3.63) is 0 Å². The molecule has 0 unspecified atom stereocenters. The number of rotatable bonds is 4. The van der Waals surface area contributed by atoms with Crippen LogP contribution in [0.15, 0.2) is 0 Å². The number of carbonyl (C=O) groups excluding carboxylic acids is 1. The van der Waals surface area contributed by atoms with Gasteiger partial charge >= 0.3 is 0 Å². The van der Waals surface area contributed by atoms with E-state index in [9.17, 15) is 13.2 Å². The van der Waals surface area contributed by atoms with E-state index in [0.29, 0.717) is 6.54 Å². The maximum Gasteiger partial charge on any atom is 0.234 e. The van der Waals surface area contributed by atoms with Gasteiger partial charge < -0.3 is 5.32 Å². The first-order valence-electron chi connectivity index (χ1n) is 3.11. The summed E-state index contributed by atoms with van der Waals surface area (Å²) in [5.41, 5.74) is 0. The standard InChI is InChI=1S/C5H12N2O3S/c1-6-4-3-5(8)7-11(2,9)10/h6H,3-4H2,1-2H3,(H,7,8). The van der Waals surface area contributed by atoms with E-state index < -0.39 is 15.9 Å². The first kappa shape index (κ1) is 10.4. The van der Waals surface area contributed by atoms with E-state index in [0.717, 1.165) is 6.26 Å². The zero-order valence-electron chi connectivity index (χ0n) is 6.55. The molecule has 0 aromatic heterocycles. The van der Waals surface area contributed by atoms with Gasteiger partial charge in [-0.2, -0.15) is 0 Å². The Balaban J connectivity index is 3.71. The molecular weight excluding hydrogens is 168 g/mol. The predicted octanol–water partition coefficient (Wildman–Crippen LogP) is -1.33. The molecule has 0 aromatic carbocycles. The van der Waals surface area contributed by atoms with Crippen LogP contribution in [0.1, 0.15) is 6.42 Å². The fourth-order valence-corrected chi connectivity index (χ4v) is 1.01. The Morgan fingerprint density at radius 1 is 1.45 bits per heavy atom. The van der Waals surface area contributed by atoms with E-state index in [1.54, 1.807) is 7.05 Å². The van der Waals surface area contributed by atoms with Gasteiger partial charge in [-0.05, 0) is 7.05 Å². The summed E-state index contributed by atoms with van der Waals surface area (Å²) < 4.78 is 22.8. The largest absolute Gasteiger partial charge is 0.319 e. The van der Waals surface area contributed by atoms with Crippen LogP contribution >= 0.6 is 0 Å². The zero-order valence-corrected chi connectivity index (χ0v) is 7.36. The third kappa shape index (κ3) is 7.27. The minimum atomic E-state index is -3.38. The Morgan fingerprint density at radius 2 is 2.00 bits per heavy atom. The molecule has 2 N–H and O–H groups in total. The molecule has 0 atom stereocenters.